The summed E-state index contributed by atoms with van der Waals surface area (Å²) in [5.41, 5.74) is 2.20. The average molecular weight is 311 g/mol. The summed E-state index contributed by atoms with van der Waals surface area (Å²) in [7, 11) is 1.71. The lowest BCUT2D eigenvalue weighted by atomic mass is 10.1. The Kier molecular flexibility index (Phi) is 4.09. The van der Waals surface area contributed by atoms with E-state index in [1.165, 1.54) is 23.1 Å². The van der Waals surface area contributed by atoms with E-state index < -0.39 is 0 Å². The molecule has 0 N–H and O–H groups in total. The first-order chi connectivity index (χ1) is 11.1. The average Bonchev–Trinajstić information content (AvgIpc) is 3.11. The lowest BCUT2D eigenvalue weighted by molar-refractivity contribution is 0.0785. The second-order valence-corrected chi connectivity index (χ2v) is 5.09. The largest absolute Gasteiger partial charge is 0.337 e. The topological polar surface area (TPSA) is 63.9 Å². The highest BCUT2D eigenvalue weighted by molar-refractivity contribution is 5.94. The van der Waals surface area contributed by atoms with Gasteiger partial charge in [0.1, 0.15) is 12.1 Å². The number of tetrazole rings is 1. The van der Waals surface area contributed by atoms with Gasteiger partial charge in [-0.3, -0.25) is 4.79 Å². The molecule has 0 atom stereocenters. The smallest absolute Gasteiger partial charge is 0.253 e. The molecule has 116 valence electrons. The number of benzene rings is 2. The summed E-state index contributed by atoms with van der Waals surface area (Å²) in [5, 5.41) is 10.9. The highest BCUT2D eigenvalue weighted by Gasteiger charge is 2.12. The van der Waals surface area contributed by atoms with Gasteiger partial charge in [0.2, 0.25) is 0 Å². The Bertz CT molecular complexity index is 784. The zero-order valence-corrected chi connectivity index (χ0v) is 12.4. The predicted molar refractivity (Wildman–Crippen MR) is 81.4 cm³/mol. The van der Waals surface area contributed by atoms with Crippen LogP contribution in [0, 0.1) is 5.82 Å². The molecule has 3 rings (SSSR count). The fourth-order valence-electron chi connectivity index (χ4n) is 2.19. The Morgan fingerprint density at radius 2 is 1.83 bits per heavy atom. The van der Waals surface area contributed by atoms with E-state index in [1.54, 1.807) is 48.3 Å². The van der Waals surface area contributed by atoms with Gasteiger partial charge in [-0.05, 0) is 52.4 Å². The zero-order chi connectivity index (χ0) is 16.2. The number of hydrogen-bond acceptors (Lipinski definition) is 4. The molecule has 1 amide bonds. The number of halogens is 1. The molecule has 0 aliphatic rings. The summed E-state index contributed by atoms with van der Waals surface area (Å²) in [4.78, 5) is 14.0. The Balaban J connectivity index is 1.70. The number of carbonyl (C=O) groups excluding carboxylic acids is 1. The summed E-state index contributed by atoms with van der Waals surface area (Å²) in [6.45, 7) is 0.411. The minimum absolute atomic E-state index is 0.113. The van der Waals surface area contributed by atoms with Gasteiger partial charge in [-0.25, -0.2) is 9.07 Å². The Hall–Kier alpha value is -3.09. The van der Waals surface area contributed by atoms with Crippen molar-refractivity contribution < 1.29 is 9.18 Å². The molecule has 0 fully saturated rings. The van der Waals surface area contributed by atoms with Gasteiger partial charge in [-0.1, -0.05) is 12.1 Å². The number of hydrogen-bond donors (Lipinski definition) is 0. The van der Waals surface area contributed by atoms with Gasteiger partial charge in [-0.15, -0.1) is 5.10 Å². The van der Waals surface area contributed by atoms with Gasteiger partial charge in [0.05, 0.1) is 5.69 Å². The van der Waals surface area contributed by atoms with E-state index in [0.29, 0.717) is 12.1 Å². The first-order valence-corrected chi connectivity index (χ1v) is 6.97. The molecular formula is C16H14FN5O. The molecule has 23 heavy (non-hydrogen) atoms. The van der Waals surface area contributed by atoms with Crippen molar-refractivity contribution in [3.05, 3.63) is 71.8 Å². The van der Waals surface area contributed by atoms with Crippen LogP contribution in [-0.4, -0.2) is 38.1 Å². The zero-order valence-electron chi connectivity index (χ0n) is 12.4. The molecule has 2 aromatic carbocycles. The fraction of sp³-hybridized carbons (Fsp3) is 0.125. The monoisotopic (exact) mass is 311 g/mol. The van der Waals surface area contributed by atoms with Gasteiger partial charge in [0.25, 0.3) is 5.91 Å². The second-order valence-electron chi connectivity index (χ2n) is 5.09. The van der Waals surface area contributed by atoms with Crippen LogP contribution in [0.25, 0.3) is 5.69 Å². The van der Waals surface area contributed by atoms with Crippen molar-refractivity contribution in [2.24, 2.45) is 0 Å². The van der Waals surface area contributed by atoms with Gasteiger partial charge in [0, 0.05) is 19.2 Å². The Morgan fingerprint density at radius 1 is 1.13 bits per heavy atom. The quantitative estimate of drug-likeness (QED) is 0.740. The standard InChI is InChI=1S/C16H14FN5O/c1-21(10-12-2-6-14(17)7-3-12)16(23)13-4-8-15(9-5-13)22-11-18-19-20-22/h2-9,11H,10H2,1H3. The molecule has 0 saturated carbocycles. The highest BCUT2D eigenvalue weighted by Crippen LogP contribution is 2.12. The van der Waals surface area contributed by atoms with Crippen molar-refractivity contribution in [2.75, 3.05) is 7.05 Å². The molecule has 0 saturated heterocycles. The van der Waals surface area contributed by atoms with Crippen molar-refractivity contribution in [3.8, 4) is 5.69 Å². The molecule has 0 spiro atoms. The van der Waals surface area contributed by atoms with E-state index in [1.807, 2.05) is 0 Å². The lowest BCUT2D eigenvalue weighted by Gasteiger charge is -2.17. The second kappa shape index (κ2) is 6.35. The maximum absolute atomic E-state index is 12.9. The van der Waals surface area contributed by atoms with Crippen LogP contribution in [0.2, 0.25) is 0 Å². The van der Waals surface area contributed by atoms with Crippen molar-refractivity contribution in [1.82, 2.24) is 25.1 Å². The predicted octanol–water partition coefficient (Wildman–Crippen LogP) is 2.07. The molecular weight excluding hydrogens is 297 g/mol. The highest BCUT2D eigenvalue weighted by atomic mass is 19.1. The third kappa shape index (κ3) is 3.39. The van der Waals surface area contributed by atoms with Gasteiger partial charge >= 0.3 is 0 Å². The van der Waals surface area contributed by atoms with Crippen LogP contribution in [-0.2, 0) is 6.54 Å². The molecule has 0 radical (unpaired) electrons. The molecule has 6 nitrogen and oxygen atoms in total. The van der Waals surface area contributed by atoms with E-state index >= 15 is 0 Å². The molecule has 0 aliphatic carbocycles. The van der Waals surface area contributed by atoms with Gasteiger partial charge in [0.15, 0.2) is 0 Å². The van der Waals surface area contributed by atoms with Crippen LogP contribution in [0.4, 0.5) is 4.39 Å². The number of rotatable bonds is 4. The number of carbonyl (C=O) groups is 1. The summed E-state index contributed by atoms with van der Waals surface area (Å²) in [5.74, 6) is -0.404. The molecule has 0 bridgehead atoms. The number of amides is 1. The lowest BCUT2D eigenvalue weighted by Crippen LogP contribution is -2.26. The molecule has 0 aliphatic heterocycles. The van der Waals surface area contributed by atoms with Crippen LogP contribution in [0.1, 0.15) is 15.9 Å². The van der Waals surface area contributed by atoms with Crippen molar-refractivity contribution in [3.63, 3.8) is 0 Å². The van der Waals surface area contributed by atoms with E-state index in [4.69, 9.17) is 0 Å². The SMILES string of the molecule is CN(Cc1ccc(F)cc1)C(=O)c1ccc(-n2cnnn2)cc1. The molecule has 1 heterocycles. The van der Waals surface area contributed by atoms with Crippen LogP contribution < -0.4 is 0 Å². The first-order valence-electron chi connectivity index (χ1n) is 6.97. The van der Waals surface area contributed by atoms with E-state index in [9.17, 15) is 9.18 Å². The van der Waals surface area contributed by atoms with Gasteiger partial charge < -0.3 is 4.90 Å². The van der Waals surface area contributed by atoms with Gasteiger partial charge in [-0.2, -0.15) is 0 Å². The van der Waals surface area contributed by atoms with Crippen LogP contribution in [0.15, 0.2) is 54.9 Å². The maximum atomic E-state index is 12.9. The van der Waals surface area contributed by atoms with Crippen molar-refractivity contribution in [2.45, 2.75) is 6.54 Å². The molecule has 3 aromatic rings. The van der Waals surface area contributed by atoms with Crippen LogP contribution in [0.3, 0.4) is 0 Å². The molecule has 1 aromatic heterocycles. The molecule has 0 unspecified atom stereocenters. The van der Waals surface area contributed by atoms with Crippen LogP contribution in [0.5, 0.6) is 0 Å². The maximum Gasteiger partial charge on any atom is 0.253 e. The van der Waals surface area contributed by atoms with Crippen LogP contribution >= 0.6 is 0 Å². The summed E-state index contributed by atoms with van der Waals surface area (Å²) in [6.07, 6.45) is 1.48. The summed E-state index contributed by atoms with van der Waals surface area (Å²) in [6, 6.07) is 13.1. The first kappa shape index (κ1) is 14.8. The number of nitrogens with zero attached hydrogens (tertiary/aromatic N) is 5. The summed E-state index contributed by atoms with van der Waals surface area (Å²) >= 11 is 0. The normalized spacial score (nSPS) is 10.5. The van der Waals surface area contributed by atoms with Crippen molar-refractivity contribution in [1.29, 1.82) is 0 Å². The fourth-order valence-corrected chi connectivity index (χ4v) is 2.19. The third-order valence-electron chi connectivity index (χ3n) is 3.41. The Morgan fingerprint density at radius 3 is 2.43 bits per heavy atom. The minimum Gasteiger partial charge on any atom is -0.337 e. The van der Waals surface area contributed by atoms with Crippen molar-refractivity contribution >= 4 is 5.91 Å². The third-order valence-corrected chi connectivity index (χ3v) is 3.41. The summed E-state index contributed by atoms with van der Waals surface area (Å²) < 4.78 is 14.4. The van der Waals surface area contributed by atoms with E-state index in [-0.39, 0.29) is 11.7 Å². The minimum atomic E-state index is -0.291. The Labute approximate surface area is 132 Å². The van der Waals surface area contributed by atoms with E-state index in [2.05, 4.69) is 15.5 Å². The number of aromatic nitrogens is 4. The van der Waals surface area contributed by atoms with E-state index in [0.717, 1.165) is 11.3 Å². The molecule has 7 heteroatoms.